The molecule has 1 aromatic carbocycles. The molecule has 28 heavy (non-hydrogen) atoms. The number of anilines is 1. The predicted octanol–water partition coefficient (Wildman–Crippen LogP) is 1.86. The lowest BCUT2D eigenvalue weighted by Gasteiger charge is -2.35. The summed E-state index contributed by atoms with van der Waals surface area (Å²) in [5.41, 5.74) is -1.76. The van der Waals surface area contributed by atoms with Crippen molar-refractivity contribution in [1.82, 2.24) is 13.9 Å². The zero-order valence-corrected chi connectivity index (χ0v) is 15.4. The number of benzene rings is 1. The SMILES string of the molecule is Cn1cncc1S(=O)(=O)N1CCN(c2ccc(C(F)(F)F)cc2[N+](=O)[O-])CC1. The second-order valence-corrected chi connectivity index (χ2v) is 8.08. The fourth-order valence-corrected chi connectivity index (χ4v) is 4.52. The molecule has 1 aliphatic rings. The molecule has 0 bridgehead atoms. The van der Waals surface area contributed by atoms with Gasteiger partial charge in [0.15, 0.2) is 5.03 Å². The van der Waals surface area contributed by atoms with Crippen molar-refractivity contribution < 1.29 is 26.5 Å². The van der Waals surface area contributed by atoms with Gasteiger partial charge in [-0.2, -0.15) is 17.5 Å². The molecule has 13 heteroatoms. The summed E-state index contributed by atoms with van der Waals surface area (Å²) in [7, 11) is -2.24. The van der Waals surface area contributed by atoms with Gasteiger partial charge in [0.2, 0.25) is 0 Å². The highest BCUT2D eigenvalue weighted by atomic mass is 32.2. The summed E-state index contributed by atoms with van der Waals surface area (Å²) in [6.45, 7) is 0.268. The van der Waals surface area contributed by atoms with Crippen molar-refractivity contribution in [3.8, 4) is 0 Å². The Bertz CT molecular complexity index is 997. The van der Waals surface area contributed by atoms with E-state index < -0.39 is 32.4 Å². The molecule has 1 fully saturated rings. The number of hydrogen-bond donors (Lipinski definition) is 0. The highest BCUT2D eigenvalue weighted by molar-refractivity contribution is 7.89. The van der Waals surface area contributed by atoms with Crippen molar-refractivity contribution >= 4 is 21.4 Å². The number of nitro benzene ring substituents is 1. The summed E-state index contributed by atoms with van der Waals surface area (Å²) < 4.78 is 66.4. The van der Waals surface area contributed by atoms with Crippen LogP contribution < -0.4 is 4.90 Å². The summed E-state index contributed by atoms with van der Waals surface area (Å²) in [6.07, 6.45) is -2.11. The van der Waals surface area contributed by atoms with E-state index in [0.29, 0.717) is 6.07 Å². The van der Waals surface area contributed by atoms with Gasteiger partial charge >= 0.3 is 6.18 Å². The lowest BCUT2D eigenvalue weighted by Crippen LogP contribution is -2.49. The van der Waals surface area contributed by atoms with Crippen LogP contribution in [-0.2, 0) is 23.2 Å². The van der Waals surface area contributed by atoms with E-state index in [1.807, 2.05) is 0 Å². The summed E-state index contributed by atoms with van der Waals surface area (Å²) in [5.74, 6) is 0. The van der Waals surface area contributed by atoms with E-state index in [9.17, 15) is 31.7 Å². The average Bonchev–Trinajstić information content (AvgIpc) is 3.07. The van der Waals surface area contributed by atoms with Crippen molar-refractivity contribution in [1.29, 1.82) is 0 Å². The van der Waals surface area contributed by atoms with E-state index in [4.69, 9.17) is 0 Å². The molecule has 1 saturated heterocycles. The smallest absolute Gasteiger partial charge is 0.363 e. The zero-order valence-electron chi connectivity index (χ0n) is 14.6. The Hall–Kier alpha value is -2.67. The third-order valence-corrected chi connectivity index (χ3v) is 6.42. The molecule has 0 N–H and O–H groups in total. The maximum Gasteiger partial charge on any atom is 0.416 e. The Morgan fingerprint density at radius 1 is 1.18 bits per heavy atom. The van der Waals surface area contributed by atoms with Gasteiger partial charge in [0, 0.05) is 39.3 Å². The molecule has 0 radical (unpaired) electrons. The molecule has 0 amide bonds. The number of halogens is 3. The second kappa shape index (κ2) is 7.05. The molecule has 9 nitrogen and oxygen atoms in total. The molecule has 2 aromatic rings. The maximum atomic E-state index is 12.8. The fourth-order valence-electron chi connectivity index (χ4n) is 3.01. The van der Waals surface area contributed by atoms with Crippen LogP contribution in [0.25, 0.3) is 0 Å². The number of piperazine rings is 1. The van der Waals surface area contributed by atoms with E-state index in [1.165, 1.54) is 26.3 Å². The Labute approximate surface area is 158 Å². The lowest BCUT2D eigenvalue weighted by molar-refractivity contribution is -0.384. The van der Waals surface area contributed by atoms with Crippen LogP contribution in [0.1, 0.15) is 5.56 Å². The van der Waals surface area contributed by atoms with Gasteiger partial charge in [0.1, 0.15) is 5.69 Å². The number of nitro groups is 1. The summed E-state index contributed by atoms with van der Waals surface area (Å²) >= 11 is 0. The van der Waals surface area contributed by atoms with Crippen molar-refractivity contribution in [3.05, 3.63) is 46.4 Å². The van der Waals surface area contributed by atoms with Gasteiger partial charge in [0.05, 0.1) is 23.0 Å². The van der Waals surface area contributed by atoms with Gasteiger partial charge in [-0.15, -0.1) is 0 Å². The van der Waals surface area contributed by atoms with E-state index in [1.54, 1.807) is 7.05 Å². The van der Waals surface area contributed by atoms with Crippen LogP contribution in [0.3, 0.4) is 0 Å². The van der Waals surface area contributed by atoms with E-state index in [2.05, 4.69) is 4.98 Å². The van der Waals surface area contributed by atoms with Crippen LogP contribution in [0.5, 0.6) is 0 Å². The molecule has 1 aliphatic heterocycles. The maximum absolute atomic E-state index is 12.8. The third-order valence-electron chi connectivity index (χ3n) is 4.46. The number of aromatic nitrogens is 2. The molecular formula is C15H16F3N5O4S. The molecule has 152 valence electrons. The van der Waals surface area contributed by atoms with Crippen LogP contribution in [-0.4, -0.2) is 53.4 Å². The number of imidazole rings is 1. The Kier molecular flexibility index (Phi) is 5.06. The first-order chi connectivity index (χ1) is 13.0. The minimum absolute atomic E-state index is 0.0152. The number of sulfonamides is 1. The number of nitrogens with zero attached hydrogens (tertiary/aromatic N) is 5. The number of hydrogen-bond acceptors (Lipinski definition) is 6. The molecule has 0 aliphatic carbocycles. The van der Waals surface area contributed by atoms with Gasteiger partial charge in [-0.25, -0.2) is 13.4 Å². The van der Waals surface area contributed by atoms with Crippen LogP contribution in [0.15, 0.2) is 35.7 Å². The van der Waals surface area contributed by atoms with Crippen molar-refractivity contribution in [2.24, 2.45) is 7.05 Å². The molecular weight excluding hydrogens is 403 g/mol. The molecule has 0 spiro atoms. The largest absolute Gasteiger partial charge is 0.416 e. The van der Waals surface area contributed by atoms with Gasteiger partial charge in [0.25, 0.3) is 15.7 Å². The topological polar surface area (TPSA) is 102 Å². The molecule has 3 rings (SSSR count). The highest BCUT2D eigenvalue weighted by Gasteiger charge is 2.35. The first kappa shape index (κ1) is 20.1. The first-order valence-corrected chi connectivity index (χ1v) is 9.53. The lowest BCUT2D eigenvalue weighted by atomic mass is 10.1. The van der Waals surface area contributed by atoms with Crippen LogP contribution >= 0.6 is 0 Å². The van der Waals surface area contributed by atoms with Gasteiger partial charge in [-0.05, 0) is 12.1 Å². The van der Waals surface area contributed by atoms with Crippen LogP contribution in [0.4, 0.5) is 24.5 Å². The standard InChI is InChI=1S/C15H16F3N5O4S/c1-20-10-19-9-14(20)28(26,27)22-6-4-21(5-7-22)12-3-2-11(15(16,17)18)8-13(12)23(24)25/h2-3,8-10H,4-7H2,1H3. The number of aryl methyl sites for hydroxylation is 1. The van der Waals surface area contributed by atoms with Crippen LogP contribution in [0.2, 0.25) is 0 Å². The minimum atomic E-state index is -4.70. The van der Waals surface area contributed by atoms with Gasteiger partial charge in [-0.3, -0.25) is 10.1 Å². The number of rotatable bonds is 4. The van der Waals surface area contributed by atoms with E-state index in [-0.39, 0.29) is 36.9 Å². The zero-order chi connectivity index (χ0) is 20.7. The Balaban J connectivity index is 1.82. The van der Waals surface area contributed by atoms with Crippen LogP contribution in [0, 0.1) is 10.1 Å². The number of alkyl halides is 3. The fraction of sp³-hybridized carbons (Fsp3) is 0.400. The second-order valence-electron chi connectivity index (χ2n) is 6.19. The highest BCUT2D eigenvalue weighted by Crippen LogP contribution is 2.37. The Morgan fingerprint density at radius 3 is 2.32 bits per heavy atom. The normalized spacial score (nSPS) is 16.4. The molecule has 2 heterocycles. The monoisotopic (exact) mass is 419 g/mol. The summed E-state index contributed by atoms with van der Waals surface area (Å²) in [4.78, 5) is 15.7. The molecule has 0 unspecified atom stereocenters. The molecule has 0 atom stereocenters. The molecule has 1 aromatic heterocycles. The minimum Gasteiger partial charge on any atom is -0.363 e. The summed E-state index contributed by atoms with van der Waals surface area (Å²) in [6, 6.07) is 2.32. The Morgan fingerprint density at radius 2 is 1.82 bits per heavy atom. The van der Waals surface area contributed by atoms with Gasteiger partial charge in [-0.1, -0.05) is 0 Å². The quantitative estimate of drug-likeness (QED) is 0.554. The van der Waals surface area contributed by atoms with Crippen molar-refractivity contribution in [2.45, 2.75) is 11.2 Å². The predicted molar refractivity (Wildman–Crippen MR) is 92.3 cm³/mol. The first-order valence-electron chi connectivity index (χ1n) is 8.09. The third kappa shape index (κ3) is 3.67. The van der Waals surface area contributed by atoms with Crippen molar-refractivity contribution in [2.75, 3.05) is 31.1 Å². The van der Waals surface area contributed by atoms with E-state index >= 15 is 0 Å². The van der Waals surface area contributed by atoms with Crippen molar-refractivity contribution in [3.63, 3.8) is 0 Å². The molecule has 0 saturated carbocycles. The van der Waals surface area contributed by atoms with Gasteiger partial charge < -0.3 is 9.47 Å². The average molecular weight is 419 g/mol. The van der Waals surface area contributed by atoms with E-state index in [0.717, 1.165) is 12.1 Å². The summed E-state index contributed by atoms with van der Waals surface area (Å²) in [5, 5.41) is 11.3.